The van der Waals surface area contributed by atoms with Gasteiger partial charge in [0.25, 0.3) is 5.91 Å². The summed E-state index contributed by atoms with van der Waals surface area (Å²) in [6.07, 6.45) is 2.06. The molecule has 1 unspecified atom stereocenters. The minimum atomic E-state index is -0.615. The van der Waals surface area contributed by atoms with Crippen molar-refractivity contribution < 1.29 is 14.3 Å². The minimum Gasteiger partial charge on any atom is -0.453 e. The van der Waals surface area contributed by atoms with Crippen LogP contribution < -0.4 is 16.2 Å². The van der Waals surface area contributed by atoms with Crippen LogP contribution in [0.1, 0.15) is 33.6 Å². The van der Waals surface area contributed by atoms with E-state index in [-0.39, 0.29) is 22.7 Å². The van der Waals surface area contributed by atoms with Gasteiger partial charge in [-0.05, 0) is 25.1 Å². The molecule has 1 saturated heterocycles. The maximum Gasteiger partial charge on any atom is 0.319 e. The van der Waals surface area contributed by atoms with Gasteiger partial charge in [0.15, 0.2) is 0 Å². The van der Waals surface area contributed by atoms with Crippen molar-refractivity contribution in [2.24, 2.45) is 5.73 Å². The molecule has 5 rings (SSSR count). The number of aromatic nitrogens is 5. The van der Waals surface area contributed by atoms with Crippen molar-refractivity contribution in [3.63, 3.8) is 0 Å². The van der Waals surface area contributed by atoms with Crippen LogP contribution in [0.4, 0.5) is 5.69 Å². The molecule has 1 fully saturated rings. The second kappa shape index (κ2) is 9.94. The fourth-order valence-electron chi connectivity index (χ4n) is 4.07. The number of ether oxygens (including phenoxy) is 2. The molecule has 0 bridgehead atoms. The predicted octanol–water partition coefficient (Wildman–Crippen LogP) is 2.31. The topological polar surface area (TPSA) is 158 Å². The summed E-state index contributed by atoms with van der Waals surface area (Å²) in [5.41, 5.74) is 14.8. The van der Waals surface area contributed by atoms with Crippen molar-refractivity contribution in [2.45, 2.75) is 19.4 Å². The number of nitrogens with one attached hydrogen (secondary N) is 1. The van der Waals surface area contributed by atoms with E-state index < -0.39 is 5.91 Å². The fourth-order valence-corrected chi connectivity index (χ4v) is 5.01. The van der Waals surface area contributed by atoms with Crippen LogP contribution in [0.3, 0.4) is 0 Å². The molecule has 0 radical (unpaired) electrons. The maximum atomic E-state index is 12.0. The van der Waals surface area contributed by atoms with Crippen LogP contribution in [0.15, 0.2) is 30.5 Å². The number of rotatable bonds is 8. The Morgan fingerprint density at radius 2 is 2.09 bits per heavy atom. The molecule has 1 aliphatic heterocycles. The minimum absolute atomic E-state index is 0.156. The number of morpholine rings is 1. The largest absolute Gasteiger partial charge is 0.453 e. The van der Waals surface area contributed by atoms with Crippen LogP contribution in [-0.4, -0.2) is 68.8 Å². The molecular formula is C23H26N8O3S. The molecule has 0 aliphatic carbocycles. The zero-order chi connectivity index (χ0) is 24.4. The molecule has 4 aromatic heterocycles. The van der Waals surface area contributed by atoms with E-state index in [1.165, 1.54) is 0 Å². The van der Waals surface area contributed by atoms with Gasteiger partial charge in [-0.1, -0.05) is 6.07 Å². The molecule has 35 heavy (non-hydrogen) atoms. The molecular weight excluding hydrogens is 468 g/mol. The molecule has 5 heterocycles. The van der Waals surface area contributed by atoms with E-state index in [2.05, 4.69) is 25.1 Å². The molecule has 11 nitrogen and oxygen atoms in total. The lowest BCUT2D eigenvalue weighted by Crippen LogP contribution is -2.37. The Bertz CT molecular complexity index is 1330. The van der Waals surface area contributed by atoms with Crippen LogP contribution in [-0.2, 0) is 4.74 Å². The highest BCUT2D eigenvalue weighted by molar-refractivity contribution is 7.21. The highest BCUT2D eigenvalue weighted by atomic mass is 32.1. The Kier molecular flexibility index (Phi) is 6.57. The number of nitrogens with two attached hydrogens (primary N) is 2. The summed E-state index contributed by atoms with van der Waals surface area (Å²) in [5.74, 6) is -0.615. The lowest BCUT2D eigenvalue weighted by Gasteiger charge is -2.28. The molecule has 1 amide bonds. The van der Waals surface area contributed by atoms with E-state index in [1.807, 2.05) is 31.2 Å². The number of hydrogen-bond acceptors (Lipinski definition) is 10. The summed E-state index contributed by atoms with van der Waals surface area (Å²) < 4.78 is 11.8. The standard InChI is InChI=1S/C23H26N8O3S/c1-13-3-2-4-15(27-13)19-17-18(24)20(21(25)32)35-22(17)29-23(28-19)34-16(14-5-7-26-30-14)6-8-31-9-11-33-12-10-31/h2-5,7,16H,6,8-12,24H2,1H3,(H2,25,32)(H,26,30). The van der Waals surface area contributed by atoms with Crippen molar-refractivity contribution in [1.82, 2.24) is 30.0 Å². The van der Waals surface area contributed by atoms with Gasteiger partial charge in [0.1, 0.15) is 27.2 Å². The molecule has 0 spiro atoms. The van der Waals surface area contributed by atoms with Gasteiger partial charge in [-0.2, -0.15) is 15.1 Å². The number of fused-ring (bicyclic) bond motifs is 1. The van der Waals surface area contributed by atoms with Crippen LogP contribution in [0, 0.1) is 6.92 Å². The number of aromatic amines is 1. The van der Waals surface area contributed by atoms with Crippen LogP contribution >= 0.6 is 11.3 Å². The van der Waals surface area contributed by atoms with Gasteiger partial charge in [-0.3, -0.25) is 19.8 Å². The zero-order valence-corrected chi connectivity index (χ0v) is 20.0. The third kappa shape index (κ3) is 4.94. The normalized spacial score (nSPS) is 15.3. The molecule has 1 aliphatic rings. The van der Waals surface area contributed by atoms with Gasteiger partial charge in [-0.15, -0.1) is 11.3 Å². The number of hydrogen-bond donors (Lipinski definition) is 3. The van der Waals surface area contributed by atoms with Crippen LogP contribution in [0.25, 0.3) is 21.6 Å². The second-order valence-electron chi connectivity index (χ2n) is 8.26. The first-order valence-electron chi connectivity index (χ1n) is 11.3. The summed E-state index contributed by atoms with van der Waals surface area (Å²) in [6.45, 7) is 5.91. The van der Waals surface area contributed by atoms with Gasteiger partial charge in [0.2, 0.25) is 0 Å². The lowest BCUT2D eigenvalue weighted by atomic mass is 10.1. The summed E-state index contributed by atoms with van der Waals surface area (Å²) in [5, 5.41) is 7.72. The Morgan fingerprint density at radius 3 is 2.80 bits per heavy atom. The number of anilines is 1. The van der Waals surface area contributed by atoms with E-state index in [1.54, 1.807) is 6.20 Å². The third-order valence-corrected chi connectivity index (χ3v) is 6.95. The lowest BCUT2D eigenvalue weighted by molar-refractivity contribution is 0.0309. The van der Waals surface area contributed by atoms with Gasteiger partial charge in [-0.25, -0.2) is 0 Å². The number of nitrogen functional groups attached to an aromatic ring is 1. The molecule has 4 aromatic rings. The summed E-state index contributed by atoms with van der Waals surface area (Å²) in [7, 11) is 0. The SMILES string of the molecule is Cc1cccc(-c2nc(OC(CCN3CCOCC3)c3cc[nH]n3)nc3sc(C(N)=O)c(N)c23)n1. The molecule has 182 valence electrons. The number of H-pyrrole nitrogens is 1. The van der Waals surface area contributed by atoms with Crippen LogP contribution in [0.2, 0.25) is 0 Å². The molecule has 1 atom stereocenters. The quantitative estimate of drug-likeness (QED) is 0.334. The van der Waals surface area contributed by atoms with Crippen LogP contribution in [0.5, 0.6) is 6.01 Å². The number of thiophene rings is 1. The van der Waals surface area contributed by atoms with Gasteiger partial charge in [0.05, 0.1) is 30.0 Å². The van der Waals surface area contributed by atoms with Crippen molar-refractivity contribution in [3.05, 3.63) is 46.7 Å². The number of pyridine rings is 1. The first-order valence-corrected chi connectivity index (χ1v) is 12.1. The fraction of sp³-hybridized carbons (Fsp3) is 0.348. The Morgan fingerprint density at radius 1 is 1.26 bits per heavy atom. The van der Waals surface area contributed by atoms with E-state index >= 15 is 0 Å². The number of carbonyl (C=O) groups is 1. The number of carbonyl (C=O) groups excluding carboxylic acids is 1. The van der Waals surface area contributed by atoms with Gasteiger partial charge < -0.3 is 20.9 Å². The average Bonchev–Trinajstić information content (AvgIpc) is 3.50. The molecule has 0 saturated carbocycles. The maximum absolute atomic E-state index is 12.0. The number of nitrogens with zero attached hydrogens (tertiary/aromatic N) is 5. The predicted molar refractivity (Wildman–Crippen MR) is 132 cm³/mol. The van der Waals surface area contributed by atoms with Crippen molar-refractivity contribution in [2.75, 3.05) is 38.6 Å². The highest BCUT2D eigenvalue weighted by Crippen LogP contribution is 2.39. The van der Waals surface area contributed by atoms with Gasteiger partial charge >= 0.3 is 6.01 Å². The smallest absolute Gasteiger partial charge is 0.319 e. The van der Waals surface area contributed by atoms with E-state index in [9.17, 15) is 4.79 Å². The van der Waals surface area contributed by atoms with Crippen molar-refractivity contribution in [3.8, 4) is 17.4 Å². The number of primary amides is 1. The molecule has 0 aromatic carbocycles. The van der Waals surface area contributed by atoms with E-state index in [0.29, 0.717) is 28.0 Å². The van der Waals surface area contributed by atoms with Crippen molar-refractivity contribution >= 4 is 33.1 Å². The zero-order valence-electron chi connectivity index (χ0n) is 19.2. The first-order chi connectivity index (χ1) is 17.0. The third-order valence-electron chi connectivity index (χ3n) is 5.83. The van der Waals surface area contributed by atoms with E-state index in [4.69, 9.17) is 25.9 Å². The molecule has 5 N–H and O–H groups in total. The Hall–Kier alpha value is -3.61. The highest BCUT2D eigenvalue weighted by Gasteiger charge is 2.25. The second-order valence-corrected chi connectivity index (χ2v) is 9.26. The summed E-state index contributed by atoms with van der Waals surface area (Å²) in [4.78, 5) is 28.9. The Balaban J connectivity index is 1.53. The summed E-state index contributed by atoms with van der Waals surface area (Å²) >= 11 is 1.12. The van der Waals surface area contributed by atoms with E-state index in [0.717, 1.165) is 55.6 Å². The number of amides is 1. The molecule has 12 heteroatoms. The Labute approximate surface area is 205 Å². The summed E-state index contributed by atoms with van der Waals surface area (Å²) in [6, 6.07) is 7.65. The van der Waals surface area contributed by atoms with Gasteiger partial charge in [0, 0.05) is 37.9 Å². The number of aryl methyl sites for hydroxylation is 1. The average molecular weight is 495 g/mol. The first kappa shape index (κ1) is 23.1. The van der Waals surface area contributed by atoms with Crippen molar-refractivity contribution in [1.29, 1.82) is 0 Å². The monoisotopic (exact) mass is 494 g/mol.